The molecule has 3 rings (SSSR count). The average Bonchev–Trinajstić information content (AvgIpc) is 2.62. The van der Waals surface area contributed by atoms with E-state index in [1.165, 1.54) is 0 Å². The highest BCUT2D eigenvalue weighted by Crippen LogP contribution is 2.23. The number of fused-ring (bicyclic) bond motifs is 1. The van der Waals surface area contributed by atoms with Crippen LogP contribution in [-0.2, 0) is 14.3 Å². The third-order valence-corrected chi connectivity index (χ3v) is 4.56. The minimum Gasteiger partial charge on any atom is -0.466 e. The minimum atomic E-state index is -0.151. The zero-order valence-electron chi connectivity index (χ0n) is 14.5. The van der Waals surface area contributed by atoms with E-state index >= 15 is 0 Å². The molecule has 1 atom stereocenters. The van der Waals surface area contributed by atoms with E-state index in [1.807, 2.05) is 54.3 Å². The summed E-state index contributed by atoms with van der Waals surface area (Å²) in [4.78, 5) is 26.4. The Morgan fingerprint density at radius 3 is 2.84 bits per heavy atom. The van der Waals surface area contributed by atoms with Crippen molar-refractivity contribution in [3.05, 3.63) is 42.5 Å². The zero-order valence-corrected chi connectivity index (χ0v) is 14.5. The summed E-state index contributed by atoms with van der Waals surface area (Å²) in [6, 6.07) is 13.9. The fourth-order valence-electron chi connectivity index (χ4n) is 3.38. The molecule has 0 unspecified atom stereocenters. The lowest BCUT2D eigenvalue weighted by molar-refractivity contribution is -0.150. The van der Waals surface area contributed by atoms with Gasteiger partial charge in [0, 0.05) is 17.6 Å². The lowest BCUT2D eigenvalue weighted by Crippen LogP contribution is -2.43. The molecule has 0 bridgehead atoms. The third-order valence-electron chi connectivity index (χ3n) is 4.56. The second-order valence-corrected chi connectivity index (χ2v) is 6.40. The molecule has 1 aliphatic heterocycles. The highest BCUT2D eigenvalue weighted by atomic mass is 16.5. The van der Waals surface area contributed by atoms with E-state index in [-0.39, 0.29) is 17.8 Å². The van der Waals surface area contributed by atoms with Gasteiger partial charge in [-0.1, -0.05) is 36.4 Å². The number of hydrogen-bond donors (Lipinski definition) is 1. The molecule has 1 amide bonds. The number of piperidine rings is 1. The number of amides is 1. The van der Waals surface area contributed by atoms with Crippen molar-refractivity contribution in [2.75, 3.05) is 31.6 Å². The first-order chi connectivity index (χ1) is 12.2. The van der Waals surface area contributed by atoms with E-state index in [1.54, 1.807) is 0 Å². The van der Waals surface area contributed by atoms with Crippen molar-refractivity contribution >= 4 is 28.3 Å². The molecule has 0 spiro atoms. The molecular formula is C20H24N2O3. The zero-order chi connectivity index (χ0) is 17.6. The molecule has 0 radical (unpaired) electrons. The number of benzene rings is 2. The Labute approximate surface area is 148 Å². The largest absolute Gasteiger partial charge is 0.466 e. The van der Waals surface area contributed by atoms with Gasteiger partial charge in [-0.05, 0) is 37.8 Å². The molecule has 0 aliphatic carbocycles. The first kappa shape index (κ1) is 17.4. The fraction of sp³-hybridized carbons (Fsp3) is 0.400. The number of anilines is 1. The SMILES string of the molecule is CCOC(=O)[C@H]1CCCN(CC(=O)Nc2cccc3ccccc23)C1. The van der Waals surface area contributed by atoms with Gasteiger partial charge >= 0.3 is 5.97 Å². The van der Waals surface area contributed by atoms with Gasteiger partial charge in [0.1, 0.15) is 0 Å². The molecular weight excluding hydrogens is 316 g/mol. The number of hydrogen-bond acceptors (Lipinski definition) is 4. The Balaban J connectivity index is 1.61. The van der Waals surface area contributed by atoms with Crippen molar-refractivity contribution < 1.29 is 14.3 Å². The van der Waals surface area contributed by atoms with Crippen LogP contribution in [0.25, 0.3) is 10.8 Å². The molecule has 132 valence electrons. The molecule has 1 saturated heterocycles. The van der Waals surface area contributed by atoms with E-state index in [0.717, 1.165) is 35.8 Å². The monoisotopic (exact) mass is 340 g/mol. The van der Waals surface area contributed by atoms with E-state index in [0.29, 0.717) is 19.7 Å². The second kappa shape index (κ2) is 8.12. The van der Waals surface area contributed by atoms with Crippen LogP contribution in [0.2, 0.25) is 0 Å². The van der Waals surface area contributed by atoms with Gasteiger partial charge in [0.2, 0.25) is 5.91 Å². The summed E-state index contributed by atoms with van der Waals surface area (Å²) in [5, 5.41) is 5.13. The van der Waals surface area contributed by atoms with Crippen LogP contribution in [0.4, 0.5) is 5.69 Å². The quantitative estimate of drug-likeness (QED) is 0.850. The molecule has 2 aromatic rings. The van der Waals surface area contributed by atoms with Crippen molar-refractivity contribution in [1.29, 1.82) is 0 Å². The highest BCUT2D eigenvalue weighted by Gasteiger charge is 2.27. The van der Waals surface area contributed by atoms with Gasteiger partial charge < -0.3 is 10.1 Å². The fourth-order valence-corrected chi connectivity index (χ4v) is 3.38. The summed E-state index contributed by atoms with van der Waals surface area (Å²) in [5.41, 5.74) is 0.821. The van der Waals surface area contributed by atoms with Crippen molar-refractivity contribution in [2.24, 2.45) is 5.92 Å². The number of esters is 1. The van der Waals surface area contributed by atoms with Gasteiger partial charge in [0.15, 0.2) is 0 Å². The Morgan fingerprint density at radius 1 is 1.20 bits per heavy atom. The first-order valence-electron chi connectivity index (χ1n) is 8.84. The maximum Gasteiger partial charge on any atom is 0.310 e. The number of nitrogens with one attached hydrogen (secondary N) is 1. The Bertz CT molecular complexity index is 754. The predicted octanol–water partition coefficient (Wildman–Crippen LogP) is 3.05. The molecule has 1 heterocycles. The minimum absolute atomic E-state index is 0.0548. The molecule has 0 saturated carbocycles. The number of likely N-dealkylation sites (tertiary alicyclic amines) is 1. The second-order valence-electron chi connectivity index (χ2n) is 6.40. The summed E-state index contributed by atoms with van der Waals surface area (Å²) >= 11 is 0. The standard InChI is InChI=1S/C20H24N2O3/c1-2-25-20(24)16-9-6-12-22(13-16)14-19(23)21-18-11-5-8-15-7-3-4-10-17(15)18/h3-5,7-8,10-11,16H,2,6,9,12-14H2,1H3,(H,21,23)/t16-/m0/s1. The molecule has 2 aromatic carbocycles. The van der Waals surface area contributed by atoms with E-state index in [4.69, 9.17) is 4.74 Å². The maximum atomic E-state index is 12.5. The van der Waals surface area contributed by atoms with Crippen LogP contribution in [0.3, 0.4) is 0 Å². The normalized spacial score (nSPS) is 18.0. The maximum absolute atomic E-state index is 12.5. The van der Waals surface area contributed by atoms with Crippen molar-refractivity contribution in [2.45, 2.75) is 19.8 Å². The molecule has 25 heavy (non-hydrogen) atoms. The number of ether oxygens (including phenoxy) is 1. The van der Waals surface area contributed by atoms with Crippen LogP contribution >= 0.6 is 0 Å². The molecule has 1 N–H and O–H groups in total. The molecule has 1 fully saturated rings. The van der Waals surface area contributed by atoms with Gasteiger partial charge in [-0.25, -0.2) is 0 Å². The molecule has 5 heteroatoms. The topological polar surface area (TPSA) is 58.6 Å². The summed E-state index contributed by atoms with van der Waals surface area (Å²) in [5.74, 6) is -0.332. The van der Waals surface area contributed by atoms with Crippen molar-refractivity contribution in [1.82, 2.24) is 4.90 Å². The number of carbonyl (C=O) groups excluding carboxylic acids is 2. The smallest absolute Gasteiger partial charge is 0.310 e. The molecule has 5 nitrogen and oxygen atoms in total. The number of nitrogens with zero attached hydrogens (tertiary/aromatic N) is 1. The Kier molecular flexibility index (Phi) is 5.66. The van der Waals surface area contributed by atoms with E-state index < -0.39 is 0 Å². The highest BCUT2D eigenvalue weighted by molar-refractivity contribution is 6.02. The number of carbonyl (C=O) groups is 2. The van der Waals surface area contributed by atoms with Crippen LogP contribution in [0.1, 0.15) is 19.8 Å². The van der Waals surface area contributed by atoms with Gasteiger partial charge in [-0.3, -0.25) is 14.5 Å². The van der Waals surface area contributed by atoms with Gasteiger partial charge in [-0.15, -0.1) is 0 Å². The van der Waals surface area contributed by atoms with Crippen LogP contribution < -0.4 is 5.32 Å². The molecule has 1 aliphatic rings. The van der Waals surface area contributed by atoms with E-state index in [2.05, 4.69) is 5.32 Å². The summed E-state index contributed by atoms with van der Waals surface area (Å²) in [6.07, 6.45) is 1.74. The first-order valence-corrected chi connectivity index (χ1v) is 8.84. The van der Waals surface area contributed by atoms with Gasteiger partial charge in [-0.2, -0.15) is 0 Å². The predicted molar refractivity (Wildman–Crippen MR) is 98.4 cm³/mol. The molecule has 0 aromatic heterocycles. The number of rotatable bonds is 5. The van der Waals surface area contributed by atoms with Crippen molar-refractivity contribution in [3.63, 3.8) is 0 Å². The Hall–Kier alpha value is -2.40. The van der Waals surface area contributed by atoms with E-state index in [9.17, 15) is 9.59 Å². The van der Waals surface area contributed by atoms with Crippen LogP contribution in [-0.4, -0.2) is 43.0 Å². The van der Waals surface area contributed by atoms with Crippen LogP contribution in [0.15, 0.2) is 42.5 Å². The Morgan fingerprint density at radius 2 is 2.00 bits per heavy atom. The lowest BCUT2D eigenvalue weighted by atomic mass is 9.98. The van der Waals surface area contributed by atoms with Crippen LogP contribution in [0, 0.1) is 5.92 Å². The summed E-state index contributed by atoms with van der Waals surface area (Å²) < 4.78 is 5.11. The average molecular weight is 340 g/mol. The van der Waals surface area contributed by atoms with Gasteiger partial charge in [0.05, 0.1) is 19.1 Å². The van der Waals surface area contributed by atoms with Crippen LogP contribution in [0.5, 0.6) is 0 Å². The summed E-state index contributed by atoms with van der Waals surface area (Å²) in [6.45, 7) is 3.92. The third kappa shape index (κ3) is 4.37. The van der Waals surface area contributed by atoms with Crippen molar-refractivity contribution in [3.8, 4) is 0 Å². The summed E-state index contributed by atoms with van der Waals surface area (Å²) in [7, 11) is 0. The lowest BCUT2D eigenvalue weighted by Gasteiger charge is -2.30. The van der Waals surface area contributed by atoms with Gasteiger partial charge in [0.25, 0.3) is 0 Å².